The molecule has 0 aliphatic rings. The maximum Gasteiger partial charge on any atom is 0.142 e. The van der Waals surface area contributed by atoms with Crippen LogP contribution in [0.3, 0.4) is 0 Å². The Kier molecular flexibility index (Phi) is 2.66. The summed E-state index contributed by atoms with van der Waals surface area (Å²) < 4.78 is 0. The Morgan fingerprint density at radius 2 is 2.00 bits per heavy atom. The van der Waals surface area contributed by atoms with Crippen molar-refractivity contribution in [3.8, 4) is 5.75 Å². The Morgan fingerprint density at radius 1 is 1.36 bits per heavy atom. The van der Waals surface area contributed by atoms with E-state index >= 15 is 0 Å². The van der Waals surface area contributed by atoms with Gasteiger partial charge in [-0.3, -0.25) is 4.99 Å². The van der Waals surface area contributed by atoms with Gasteiger partial charge < -0.3 is 5.11 Å². The molecule has 1 aromatic carbocycles. The van der Waals surface area contributed by atoms with Gasteiger partial charge in [0.2, 0.25) is 0 Å². The molecular weight excluding hydrogens is 138 g/mol. The lowest BCUT2D eigenvalue weighted by Crippen LogP contribution is -2.63. The third kappa shape index (κ3) is 2.42. The van der Waals surface area contributed by atoms with E-state index in [0.717, 1.165) is 6.42 Å². The Hall–Kier alpha value is -1.31. The average Bonchev–Trinajstić information content (AvgIpc) is 2.04. The van der Waals surface area contributed by atoms with Crippen LogP contribution in [0.5, 0.6) is 5.75 Å². The molecule has 0 aliphatic carbocycles. The highest BCUT2D eigenvalue weighted by Gasteiger charge is 1.90. The first kappa shape index (κ1) is 7.79. The van der Waals surface area contributed by atoms with E-state index in [1.165, 1.54) is 5.56 Å². The third-order valence-electron chi connectivity index (χ3n) is 1.48. The molecule has 0 radical (unpaired) electrons. The number of benzene rings is 1. The summed E-state index contributed by atoms with van der Waals surface area (Å²) in [7, 11) is 1.88. The Bertz CT molecular complexity index is 238. The van der Waals surface area contributed by atoms with E-state index < -0.39 is 0 Å². The number of phenols is 1. The maximum atomic E-state index is 8.96. The van der Waals surface area contributed by atoms with Crippen LogP contribution in [0.15, 0.2) is 24.3 Å². The van der Waals surface area contributed by atoms with Crippen LogP contribution in [-0.2, 0) is 6.42 Å². The Balaban J connectivity index is 2.66. The average molecular weight is 150 g/mol. The summed E-state index contributed by atoms with van der Waals surface area (Å²) in [5, 5.41) is 8.96. The molecule has 0 unspecified atom stereocenters. The van der Waals surface area contributed by atoms with Crippen LogP contribution in [0.25, 0.3) is 0 Å². The van der Waals surface area contributed by atoms with Crippen molar-refractivity contribution in [1.82, 2.24) is 0 Å². The molecule has 11 heavy (non-hydrogen) atoms. The minimum absolute atomic E-state index is 0.318. The van der Waals surface area contributed by atoms with Crippen molar-refractivity contribution < 1.29 is 10.1 Å². The van der Waals surface area contributed by atoms with Crippen LogP contribution >= 0.6 is 0 Å². The van der Waals surface area contributed by atoms with Gasteiger partial charge in [-0.2, -0.15) is 0 Å². The van der Waals surface area contributed by atoms with E-state index in [4.69, 9.17) is 5.11 Å². The second-order valence-electron chi connectivity index (χ2n) is 2.36. The first-order valence-electron chi connectivity index (χ1n) is 3.60. The monoisotopic (exact) mass is 150 g/mol. The van der Waals surface area contributed by atoms with Gasteiger partial charge in [-0.25, -0.2) is 0 Å². The first-order valence-corrected chi connectivity index (χ1v) is 3.60. The molecule has 0 aromatic heterocycles. The molecule has 0 saturated heterocycles. The zero-order valence-corrected chi connectivity index (χ0v) is 6.54. The SMILES string of the molecule is C[NH+]=CCc1ccc(O)cc1. The predicted octanol–water partition coefficient (Wildman–Crippen LogP) is -0.284. The third-order valence-corrected chi connectivity index (χ3v) is 1.48. The van der Waals surface area contributed by atoms with Gasteiger partial charge in [0.25, 0.3) is 0 Å². The smallest absolute Gasteiger partial charge is 0.142 e. The predicted molar refractivity (Wildman–Crippen MR) is 44.8 cm³/mol. The fraction of sp³-hybridized carbons (Fsp3) is 0.222. The summed E-state index contributed by atoms with van der Waals surface area (Å²) in [6.07, 6.45) is 2.85. The second-order valence-corrected chi connectivity index (χ2v) is 2.36. The molecule has 0 bridgehead atoms. The molecule has 0 heterocycles. The van der Waals surface area contributed by atoms with Crippen molar-refractivity contribution in [2.45, 2.75) is 6.42 Å². The van der Waals surface area contributed by atoms with Crippen molar-refractivity contribution >= 4 is 6.21 Å². The number of nitrogens with one attached hydrogen (secondary N) is 1. The minimum Gasteiger partial charge on any atom is -0.508 e. The topological polar surface area (TPSA) is 34.2 Å². The van der Waals surface area contributed by atoms with Crippen molar-refractivity contribution in [2.75, 3.05) is 7.05 Å². The highest BCUT2D eigenvalue weighted by molar-refractivity contribution is 5.55. The lowest BCUT2D eigenvalue weighted by atomic mass is 10.2. The van der Waals surface area contributed by atoms with E-state index in [-0.39, 0.29) is 0 Å². The van der Waals surface area contributed by atoms with Gasteiger partial charge >= 0.3 is 0 Å². The molecule has 2 N–H and O–H groups in total. The fourth-order valence-corrected chi connectivity index (χ4v) is 0.852. The molecule has 0 fully saturated rings. The number of hydrogen-bond acceptors (Lipinski definition) is 1. The standard InChI is InChI=1S/C9H11NO/c1-10-7-6-8-2-4-9(11)5-3-8/h2-5,7,11H,6H2,1H3/p+1. The minimum atomic E-state index is 0.318. The van der Waals surface area contributed by atoms with Gasteiger partial charge in [0.05, 0.1) is 0 Å². The van der Waals surface area contributed by atoms with Crippen molar-refractivity contribution in [2.24, 2.45) is 0 Å². The number of hydrogen-bond donors (Lipinski definition) is 2. The largest absolute Gasteiger partial charge is 0.508 e. The Labute approximate surface area is 66.2 Å². The van der Waals surface area contributed by atoms with E-state index in [0.29, 0.717) is 5.75 Å². The lowest BCUT2D eigenvalue weighted by Gasteiger charge is -1.93. The Morgan fingerprint density at radius 3 is 2.55 bits per heavy atom. The molecular formula is C9H12NO+. The molecule has 0 aliphatic heterocycles. The molecule has 1 rings (SSSR count). The maximum absolute atomic E-state index is 8.96. The molecule has 0 amide bonds. The van der Waals surface area contributed by atoms with Crippen LogP contribution in [0, 0.1) is 0 Å². The number of aromatic hydroxyl groups is 1. The molecule has 2 nitrogen and oxygen atoms in total. The van der Waals surface area contributed by atoms with E-state index in [1.54, 1.807) is 12.1 Å². The van der Waals surface area contributed by atoms with Gasteiger partial charge in [-0.05, 0) is 17.7 Å². The summed E-state index contributed by atoms with van der Waals surface area (Å²) in [5.41, 5.74) is 1.19. The van der Waals surface area contributed by atoms with Crippen LogP contribution in [0.4, 0.5) is 0 Å². The van der Waals surface area contributed by atoms with Crippen molar-refractivity contribution in [1.29, 1.82) is 0 Å². The normalized spacial score (nSPS) is 10.6. The fourth-order valence-electron chi connectivity index (χ4n) is 0.852. The molecule has 2 heteroatoms. The summed E-state index contributed by atoms with van der Waals surface area (Å²) in [6, 6.07) is 7.20. The highest BCUT2D eigenvalue weighted by atomic mass is 16.3. The molecule has 0 atom stereocenters. The summed E-state index contributed by atoms with van der Waals surface area (Å²) in [6.45, 7) is 0. The number of phenolic OH excluding ortho intramolecular Hbond substituents is 1. The lowest BCUT2D eigenvalue weighted by molar-refractivity contribution is -0.415. The van der Waals surface area contributed by atoms with E-state index in [2.05, 4.69) is 4.99 Å². The zero-order chi connectivity index (χ0) is 8.10. The quantitative estimate of drug-likeness (QED) is 0.558. The van der Waals surface area contributed by atoms with Gasteiger partial charge in [-0.15, -0.1) is 0 Å². The summed E-state index contributed by atoms with van der Waals surface area (Å²) >= 11 is 0. The summed E-state index contributed by atoms with van der Waals surface area (Å²) in [4.78, 5) is 2.94. The highest BCUT2D eigenvalue weighted by Crippen LogP contribution is 2.08. The van der Waals surface area contributed by atoms with Crippen molar-refractivity contribution in [3.63, 3.8) is 0 Å². The van der Waals surface area contributed by atoms with Crippen LogP contribution in [-0.4, -0.2) is 18.4 Å². The van der Waals surface area contributed by atoms with Gasteiger partial charge in [0.1, 0.15) is 19.0 Å². The van der Waals surface area contributed by atoms with E-state index in [9.17, 15) is 0 Å². The van der Waals surface area contributed by atoms with Gasteiger partial charge in [0, 0.05) is 6.42 Å². The molecule has 0 spiro atoms. The zero-order valence-electron chi connectivity index (χ0n) is 6.54. The van der Waals surface area contributed by atoms with Crippen LogP contribution in [0.1, 0.15) is 5.56 Å². The van der Waals surface area contributed by atoms with Crippen LogP contribution in [0.2, 0.25) is 0 Å². The van der Waals surface area contributed by atoms with Crippen molar-refractivity contribution in [3.05, 3.63) is 29.8 Å². The van der Waals surface area contributed by atoms with Crippen LogP contribution < -0.4 is 4.99 Å². The second kappa shape index (κ2) is 3.76. The molecule has 0 saturated carbocycles. The molecule has 1 aromatic rings. The van der Waals surface area contributed by atoms with E-state index in [1.807, 2.05) is 25.4 Å². The molecule has 58 valence electrons. The van der Waals surface area contributed by atoms with Gasteiger partial charge in [0.15, 0.2) is 0 Å². The summed E-state index contributed by atoms with van der Waals surface area (Å²) in [5.74, 6) is 0.318. The van der Waals surface area contributed by atoms with Gasteiger partial charge in [-0.1, -0.05) is 12.1 Å². The first-order chi connectivity index (χ1) is 5.33. The number of rotatable bonds is 2.